The summed E-state index contributed by atoms with van der Waals surface area (Å²) in [6, 6.07) is -0.829. The summed E-state index contributed by atoms with van der Waals surface area (Å²) < 4.78 is 11.3. The zero-order valence-corrected chi connectivity index (χ0v) is 54.6. The summed E-state index contributed by atoms with van der Waals surface area (Å²) in [6.07, 6.45) is 84.1. The average Bonchev–Trinajstić information content (AvgIpc) is 3.69. The third kappa shape index (κ3) is 51.4. The second kappa shape index (κ2) is 63.4. The molecule has 1 rings (SSSR count). The lowest BCUT2D eigenvalue weighted by Gasteiger charge is -2.40. The monoisotopic (exact) mass is 1180 g/mol. The molecule has 0 saturated carbocycles. The first-order valence-corrected chi connectivity index (χ1v) is 35.8. The number of allylic oxidation sites excluding steroid dienone is 13. The minimum absolute atomic E-state index is 0.187. The smallest absolute Gasteiger partial charge is 0.220 e. The average molecular weight is 1180 g/mol. The van der Waals surface area contributed by atoms with E-state index in [0.717, 1.165) is 70.6 Å². The van der Waals surface area contributed by atoms with Gasteiger partial charge < -0.3 is 40.3 Å². The van der Waals surface area contributed by atoms with Crippen molar-refractivity contribution >= 4 is 5.91 Å². The predicted molar refractivity (Wildman–Crippen MR) is 359 cm³/mol. The molecule has 0 radical (unpaired) electrons. The van der Waals surface area contributed by atoms with Crippen LogP contribution in [0.15, 0.2) is 85.1 Å². The highest BCUT2D eigenvalue weighted by Gasteiger charge is 2.44. The van der Waals surface area contributed by atoms with Crippen LogP contribution in [-0.2, 0) is 14.3 Å². The maximum atomic E-state index is 13.1. The molecule has 0 aromatic carbocycles. The Morgan fingerprint density at radius 3 is 1.14 bits per heavy atom. The van der Waals surface area contributed by atoms with E-state index < -0.39 is 49.5 Å². The lowest BCUT2D eigenvalue weighted by molar-refractivity contribution is -0.302. The molecule has 488 valence electrons. The van der Waals surface area contributed by atoms with Gasteiger partial charge in [0, 0.05) is 6.42 Å². The van der Waals surface area contributed by atoms with Crippen molar-refractivity contribution in [2.45, 2.75) is 371 Å². The number of aliphatic hydroxyl groups is 5. The molecule has 1 heterocycles. The van der Waals surface area contributed by atoms with Crippen LogP contribution in [0.1, 0.15) is 328 Å². The van der Waals surface area contributed by atoms with Crippen LogP contribution >= 0.6 is 0 Å². The van der Waals surface area contributed by atoms with Crippen LogP contribution in [0.3, 0.4) is 0 Å². The van der Waals surface area contributed by atoms with Crippen molar-refractivity contribution in [3.8, 4) is 0 Å². The number of hydrogen-bond donors (Lipinski definition) is 6. The Hall–Kier alpha value is -2.63. The Labute approximate surface area is 518 Å². The van der Waals surface area contributed by atoms with Crippen LogP contribution in [0.25, 0.3) is 0 Å². The number of nitrogens with one attached hydrogen (secondary N) is 1. The Bertz CT molecular complexity index is 1600. The zero-order valence-electron chi connectivity index (χ0n) is 54.6. The van der Waals surface area contributed by atoms with Gasteiger partial charge in [0.05, 0.1) is 25.4 Å². The number of amides is 1. The fraction of sp³-hybridized carbons (Fsp3) is 0.800. The van der Waals surface area contributed by atoms with E-state index in [1.807, 2.05) is 6.08 Å². The number of ether oxygens (including phenoxy) is 2. The van der Waals surface area contributed by atoms with Crippen molar-refractivity contribution in [3.05, 3.63) is 85.1 Å². The second-order valence-corrected chi connectivity index (χ2v) is 24.6. The van der Waals surface area contributed by atoms with Gasteiger partial charge in [-0.05, 0) is 77.0 Å². The fourth-order valence-corrected chi connectivity index (χ4v) is 11.1. The Morgan fingerprint density at radius 2 is 0.750 bits per heavy atom. The molecule has 0 spiro atoms. The first kappa shape index (κ1) is 79.4. The van der Waals surface area contributed by atoms with E-state index in [1.165, 1.54) is 238 Å². The molecule has 0 aromatic heterocycles. The molecule has 1 saturated heterocycles. The molecule has 9 nitrogen and oxygen atoms in total. The van der Waals surface area contributed by atoms with Gasteiger partial charge in [-0.2, -0.15) is 0 Å². The number of carbonyl (C=O) groups excluding carboxylic acids is 1. The van der Waals surface area contributed by atoms with Crippen molar-refractivity contribution < 1.29 is 39.8 Å². The minimum atomic E-state index is -1.58. The van der Waals surface area contributed by atoms with Gasteiger partial charge in [-0.3, -0.25) is 4.79 Å². The standard InChI is InChI=1S/C75H135NO8/c1-3-5-7-9-11-13-15-17-19-21-23-25-27-29-31-33-34-35-37-38-40-42-44-46-48-50-52-54-56-58-60-62-64-69(78)68(67-83-75-74(82)73(81)72(80)70(66-77)84-75)76-71(79)65-63-61-59-57-55-53-51-49-47-45-43-41-39-36-32-30-28-26-24-22-20-18-16-14-12-10-8-6-4-2/h6,8,12,14,18,20,24,26,30,32,54,56,62,64,68-70,72-75,77-78,80-82H,3-5,7,9-11,13,15-17,19,21-23,25,27-29,31,33-53,55,57-61,63,65-67H2,1-2H3,(H,76,79)/b8-6-,14-12-,20-18-,26-24-,32-30-,56-54+,64-62+. The van der Waals surface area contributed by atoms with E-state index in [4.69, 9.17) is 9.47 Å². The van der Waals surface area contributed by atoms with Crippen LogP contribution < -0.4 is 5.32 Å². The molecular formula is C75H135NO8. The molecule has 1 aliphatic heterocycles. The molecule has 6 N–H and O–H groups in total. The molecule has 0 aliphatic carbocycles. The topological polar surface area (TPSA) is 149 Å². The van der Waals surface area contributed by atoms with E-state index in [9.17, 15) is 30.3 Å². The molecule has 0 aromatic rings. The van der Waals surface area contributed by atoms with Crippen LogP contribution in [0.4, 0.5) is 0 Å². The van der Waals surface area contributed by atoms with E-state index in [0.29, 0.717) is 6.42 Å². The summed E-state index contributed by atoms with van der Waals surface area (Å²) in [6.45, 7) is 3.69. The molecule has 7 unspecified atom stereocenters. The van der Waals surface area contributed by atoms with E-state index in [1.54, 1.807) is 6.08 Å². The summed E-state index contributed by atoms with van der Waals surface area (Å²) in [5.74, 6) is -0.187. The SMILES string of the molecule is CC/C=C\C/C=C\C/C=C\C/C=C\C/C=C\CCCCCCCCCCCCCCCC(=O)NC(COC1OC(CO)C(O)C(O)C1O)C(O)/C=C/CC/C=C/CCCCCCCCCCCCCCCCCCCCCCCCCCCC. The Kier molecular flexibility index (Phi) is 59.9. The van der Waals surface area contributed by atoms with Crippen molar-refractivity contribution in [2.75, 3.05) is 13.2 Å². The highest BCUT2D eigenvalue weighted by Crippen LogP contribution is 2.23. The van der Waals surface area contributed by atoms with Gasteiger partial charge in [0.2, 0.25) is 5.91 Å². The van der Waals surface area contributed by atoms with Gasteiger partial charge in [-0.25, -0.2) is 0 Å². The number of rotatable bonds is 62. The molecule has 1 aliphatic rings. The summed E-state index contributed by atoms with van der Waals surface area (Å²) in [5.41, 5.74) is 0. The van der Waals surface area contributed by atoms with Gasteiger partial charge in [-0.1, -0.05) is 330 Å². The zero-order chi connectivity index (χ0) is 60.7. The minimum Gasteiger partial charge on any atom is -0.394 e. The normalized spacial score (nSPS) is 18.7. The quantitative estimate of drug-likeness (QED) is 0.0261. The molecule has 0 bridgehead atoms. The van der Waals surface area contributed by atoms with E-state index >= 15 is 0 Å². The van der Waals surface area contributed by atoms with Crippen LogP contribution in [-0.4, -0.2) is 87.5 Å². The Morgan fingerprint density at radius 1 is 0.417 bits per heavy atom. The fourth-order valence-electron chi connectivity index (χ4n) is 11.1. The third-order valence-electron chi connectivity index (χ3n) is 16.7. The first-order chi connectivity index (χ1) is 41.3. The number of aliphatic hydroxyl groups excluding tert-OH is 5. The second-order valence-electron chi connectivity index (χ2n) is 24.6. The van der Waals surface area contributed by atoms with Gasteiger partial charge in [0.25, 0.3) is 0 Å². The maximum Gasteiger partial charge on any atom is 0.220 e. The largest absolute Gasteiger partial charge is 0.394 e. The summed E-state index contributed by atoms with van der Waals surface area (Å²) >= 11 is 0. The lowest BCUT2D eigenvalue weighted by Crippen LogP contribution is -2.60. The van der Waals surface area contributed by atoms with Gasteiger partial charge >= 0.3 is 0 Å². The highest BCUT2D eigenvalue weighted by atomic mass is 16.7. The Balaban J connectivity index is 2.15. The van der Waals surface area contributed by atoms with Crippen LogP contribution in [0.5, 0.6) is 0 Å². The number of unbranched alkanes of at least 4 members (excludes halogenated alkanes) is 40. The number of carbonyl (C=O) groups is 1. The van der Waals surface area contributed by atoms with Gasteiger partial charge in [-0.15, -0.1) is 0 Å². The molecule has 7 atom stereocenters. The van der Waals surface area contributed by atoms with Crippen molar-refractivity contribution in [1.82, 2.24) is 5.32 Å². The molecule has 1 fully saturated rings. The molecule has 84 heavy (non-hydrogen) atoms. The van der Waals surface area contributed by atoms with Gasteiger partial charge in [0.1, 0.15) is 24.4 Å². The van der Waals surface area contributed by atoms with Crippen LogP contribution in [0, 0.1) is 0 Å². The summed E-state index contributed by atoms with van der Waals surface area (Å²) in [4.78, 5) is 13.1. The summed E-state index contributed by atoms with van der Waals surface area (Å²) in [5, 5.41) is 54.8. The van der Waals surface area contributed by atoms with Crippen molar-refractivity contribution in [2.24, 2.45) is 0 Å². The third-order valence-corrected chi connectivity index (χ3v) is 16.7. The van der Waals surface area contributed by atoms with Crippen molar-refractivity contribution in [3.63, 3.8) is 0 Å². The predicted octanol–water partition coefficient (Wildman–Crippen LogP) is 19.7. The first-order valence-electron chi connectivity index (χ1n) is 35.8. The van der Waals surface area contributed by atoms with Gasteiger partial charge in [0.15, 0.2) is 6.29 Å². The highest BCUT2D eigenvalue weighted by molar-refractivity contribution is 5.76. The number of hydrogen-bond acceptors (Lipinski definition) is 8. The van der Waals surface area contributed by atoms with E-state index in [2.05, 4.69) is 92.1 Å². The maximum absolute atomic E-state index is 13.1. The molecular weight excluding hydrogens is 1040 g/mol. The lowest BCUT2D eigenvalue weighted by atomic mass is 9.99. The van der Waals surface area contributed by atoms with Crippen molar-refractivity contribution in [1.29, 1.82) is 0 Å². The van der Waals surface area contributed by atoms with E-state index in [-0.39, 0.29) is 12.5 Å². The van der Waals surface area contributed by atoms with Crippen LogP contribution in [0.2, 0.25) is 0 Å². The molecule has 9 heteroatoms. The summed E-state index contributed by atoms with van der Waals surface area (Å²) in [7, 11) is 0. The molecule has 1 amide bonds.